The molecule has 5 nitrogen and oxygen atoms in total. The number of carbonyl (C=O) groups excluding carboxylic acids is 1. The van der Waals surface area contributed by atoms with Crippen molar-refractivity contribution >= 4 is 51.4 Å². The summed E-state index contributed by atoms with van der Waals surface area (Å²) < 4.78 is 0. The minimum absolute atomic E-state index is 0.113. The smallest absolute Gasteiger partial charge is 0.345 e. The minimum atomic E-state index is -1.04. The predicted octanol–water partition coefficient (Wildman–Crippen LogP) is 3.40. The van der Waals surface area contributed by atoms with E-state index in [0.717, 1.165) is 11.3 Å². The standard InChI is InChI=1S/C11H6Cl2N2O3S/c12-6-3-5(4-14-9(6)13)10(16)15-8-2-1-7(19-8)11(17)18/h1-4H,(H,15,16)(H,17,18). The summed E-state index contributed by atoms with van der Waals surface area (Å²) in [5, 5.41) is 12.0. The first kappa shape index (κ1) is 13.8. The van der Waals surface area contributed by atoms with E-state index in [1.54, 1.807) is 0 Å². The zero-order valence-electron chi connectivity index (χ0n) is 9.18. The van der Waals surface area contributed by atoms with E-state index in [1.807, 2.05) is 0 Å². The highest BCUT2D eigenvalue weighted by molar-refractivity contribution is 7.18. The van der Waals surface area contributed by atoms with E-state index in [-0.39, 0.29) is 20.6 Å². The molecule has 0 fully saturated rings. The van der Waals surface area contributed by atoms with Crippen LogP contribution in [0, 0.1) is 0 Å². The number of hydrogen-bond acceptors (Lipinski definition) is 4. The number of amides is 1. The van der Waals surface area contributed by atoms with Crippen molar-refractivity contribution in [3.05, 3.63) is 45.0 Å². The van der Waals surface area contributed by atoms with Crippen LogP contribution in [0.2, 0.25) is 10.2 Å². The van der Waals surface area contributed by atoms with Crippen LogP contribution in [0.4, 0.5) is 5.00 Å². The molecule has 0 radical (unpaired) electrons. The highest BCUT2D eigenvalue weighted by Crippen LogP contribution is 2.24. The van der Waals surface area contributed by atoms with Crippen LogP contribution in [-0.4, -0.2) is 22.0 Å². The van der Waals surface area contributed by atoms with Crippen molar-refractivity contribution < 1.29 is 14.7 Å². The second kappa shape index (κ2) is 5.56. The highest BCUT2D eigenvalue weighted by atomic mass is 35.5. The van der Waals surface area contributed by atoms with Gasteiger partial charge in [-0.25, -0.2) is 9.78 Å². The Kier molecular flexibility index (Phi) is 4.04. The van der Waals surface area contributed by atoms with Gasteiger partial charge in [0.1, 0.15) is 10.0 Å². The van der Waals surface area contributed by atoms with E-state index in [1.165, 1.54) is 24.4 Å². The largest absolute Gasteiger partial charge is 0.477 e. The van der Waals surface area contributed by atoms with Crippen LogP contribution in [0.15, 0.2) is 24.4 Å². The summed E-state index contributed by atoms with van der Waals surface area (Å²) in [5.41, 5.74) is 0.236. The molecule has 0 atom stereocenters. The first-order chi connectivity index (χ1) is 8.97. The Morgan fingerprint density at radius 1 is 1.32 bits per heavy atom. The van der Waals surface area contributed by atoms with Crippen molar-refractivity contribution in [2.45, 2.75) is 0 Å². The van der Waals surface area contributed by atoms with Gasteiger partial charge in [0.05, 0.1) is 15.6 Å². The lowest BCUT2D eigenvalue weighted by Crippen LogP contribution is -2.11. The number of pyridine rings is 1. The summed E-state index contributed by atoms with van der Waals surface area (Å²) >= 11 is 12.4. The van der Waals surface area contributed by atoms with E-state index >= 15 is 0 Å². The number of aromatic nitrogens is 1. The molecule has 2 aromatic rings. The highest BCUT2D eigenvalue weighted by Gasteiger charge is 2.12. The van der Waals surface area contributed by atoms with Gasteiger partial charge in [-0.05, 0) is 18.2 Å². The molecule has 0 aliphatic carbocycles. The average Bonchev–Trinajstić information content (AvgIpc) is 2.81. The van der Waals surface area contributed by atoms with Gasteiger partial charge < -0.3 is 10.4 Å². The Hall–Kier alpha value is -1.63. The molecule has 0 saturated carbocycles. The van der Waals surface area contributed by atoms with E-state index in [4.69, 9.17) is 28.3 Å². The molecular formula is C11H6Cl2N2O3S. The van der Waals surface area contributed by atoms with Crippen molar-refractivity contribution in [2.75, 3.05) is 5.32 Å². The number of carbonyl (C=O) groups is 2. The van der Waals surface area contributed by atoms with Gasteiger partial charge in [0, 0.05) is 6.20 Å². The number of thiophene rings is 1. The molecule has 1 amide bonds. The molecule has 2 aromatic heterocycles. The second-order valence-corrected chi connectivity index (χ2v) is 5.27. The van der Waals surface area contributed by atoms with Crippen molar-refractivity contribution in [1.29, 1.82) is 0 Å². The summed E-state index contributed by atoms with van der Waals surface area (Å²) in [6, 6.07) is 4.31. The lowest BCUT2D eigenvalue weighted by atomic mass is 10.3. The summed E-state index contributed by atoms with van der Waals surface area (Å²) in [6.07, 6.45) is 1.29. The SMILES string of the molecule is O=C(Nc1ccc(C(=O)O)s1)c1cnc(Cl)c(Cl)c1. The minimum Gasteiger partial charge on any atom is -0.477 e. The fourth-order valence-electron chi connectivity index (χ4n) is 1.25. The number of rotatable bonds is 3. The lowest BCUT2D eigenvalue weighted by Gasteiger charge is -2.03. The first-order valence-corrected chi connectivity index (χ1v) is 6.50. The molecule has 2 N–H and O–H groups in total. The maximum absolute atomic E-state index is 11.9. The molecular weight excluding hydrogens is 311 g/mol. The van der Waals surface area contributed by atoms with Crippen molar-refractivity contribution in [3.8, 4) is 0 Å². The normalized spacial score (nSPS) is 10.2. The van der Waals surface area contributed by atoms with Gasteiger partial charge in [-0.1, -0.05) is 23.2 Å². The summed E-state index contributed by atoms with van der Waals surface area (Å²) in [4.78, 5) is 26.5. The monoisotopic (exact) mass is 316 g/mol. The van der Waals surface area contributed by atoms with Crippen molar-refractivity contribution in [3.63, 3.8) is 0 Å². The van der Waals surface area contributed by atoms with Gasteiger partial charge >= 0.3 is 5.97 Å². The Morgan fingerprint density at radius 2 is 2.05 bits per heavy atom. The number of aromatic carboxylic acids is 1. The Balaban J connectivity index is 2.15. The third-order valence-electron chi connectivity index (χ3n) is 2.11. The van der Waals surface area contributed by atoms with Gasteiger partial charge in [0.25, 0.3) is 5.91 Å². The fourth-order valence-corrected chi connectivity index (χ4v) is 2.26. The quantitative estimate of drug-likeness (QED) is 0.850. The first-order valence-electron chi connectivity index (χ1n) is 4.93. The molecule has 0 spiro atoms. The van der Waals surface area contributed by atoms with Gasteiger partial charge in [-0.15, -0.1) is 11.3 Å². The summed E-state index contributed by atoms with van der Waals surface area (Å²) in [5.74, 6) is -1.48. The van der Waals surface area contributed by atoms with E-state index in [0.29, 0.717) is 5.00 Å². The fraction of sp³-hybridized carbons (Fsp3) is 0. The van der Waals surface area contributed by atoms with Crippen LogP contribution in [-0.2, 0) is 0 Å². The molecule has 2 heterocycles. The van der Waals surface area contributed by atoms with Crippen molar-refractivity contribution in [2.24, 2.45) is 0 Å². The number of nitrogens with zero attached hydrogens (tertiary/aromatic N) is 1. The zero-order valence-corrected chi connectivity index (χ0v) is 11.5. The Morgan fingerprint density at radius 3 is 2.63 bits per heavy atom. The number of halogens is 2. The van der Waals surface area contributed by atoms with Crippen molar-refractivity contribution in [1.82, 2.24) is 4.98 Å². The molecule has 0 aromatic carbocycles. The molecule has 98 valence electrons. The van der Waals surface area contributed by atoms with E-state index in [9.17, 15) is 9.59 Å². The lowest BCUT2D eigenvalue weighted by molar-refractivity contribution is 0.0702. The molecule has 0 bridgehead atoms. The maximum atomic E-state index is 11.9. The van der Waals surface area contributed by atoms with Crippen LogP contribution in [0.5, 0.6) is 0 Å². The summed E-state index contributed by atoms with van der Waals surface area (Å²) in [7, 11) is 0. The topological polar surface area (TPSA) is 79.3 Å². The van der Waals surface area contributed by atoms with Crippen LogP contribution in [0.3, 0.4) is 0 Å². The van der Waals surface area contributed by atoms with Crippen LogP contribution < -0.4 is 5.32 Å². The van der Waals surface area contributed by atoms with E-state index in [2.05, 4.69) is 10.3 Å². The van der Waals surface area contributed by atoms with Crippen LogP contribution in [0.25, 0.3) is 0 Å². The Labute approximate surface area is 121 Å². The molecule has 19 heavy (non-hydrogen) atoms. The van der Waals surface area contributed by atoms with Gasteiger partial charge in [-0.2, -0.15) is 0 Å². The molecule has 0 aliphatic rings. The molecule has 2 rings (SSSR count). The van der Waals surface area contributed by atoms with Gasteiger partial charge in [-0.3, -0.25) is 4.79 Å². The third-order valence-corrected chi connectivity index (χ3v) is 3.79. The number of carboxylic acids is 1. The predicted molar refractivity (Wildman–Crippen MR) is 73.5 cm³/mol. The number of carboxylic acid groups (broad SMARTS) is 1. The molecule has 8 heteroatoms. The second-order valence-electron chi connectivity index (χ2n) is 3.42. The third kappa shape index (κ3) is 3.23. The average molecular weight is 317 g/mol. The Bertz CT molecular complexity index is 657. The van der Waals surface area contributed by atoms with E-state index < -0.39 is 11.9 Å². The number of hydrogen-bond donors (Lipinski definition) is 2. The van der Waals surface area contributed by atoms with Crippen LogP contribution in [0.1, 0.15) is 20.0 Å². The number of nitrogens with one attached hydrogen (secondary N) is 1. The molecule has 0 unspecified atom stereocenters. The summed E-state index contributed by atoms with van der Waals surface area (Å²) in [6.45, 7) is 0. The maximum Gasteiger partial charge on any atom is 0.345 e. The van der Waals surface area contributed by atoms with Gasteiger partial charge in [0.2, 0.25) is 0 Å². The molecule has 0 saturated heterocycles. The van der Waals surface area contributed by atoms with Gasteiger partial charge in [0.15, 0.2) is 0 Å². The zero-order chi connectivity index (χ0) is 14.0. The van der Waals surface area contributed by atoms with Crippen LogP contribution >= 0.6 is 34.5 Å². The molecule has 0 aliphatic heterocycles. The number of anilines is 1.